The molecule has 0 bridgehead atoms. The molecule has 0 saturated carbocycles. The smallest absolute Gasteiger partial charge is 0.225 e. The summed E-state index contributed by atoms with van der Waals surface area (Å²) in [7, 11) is 4.25. The molecule has 1 aliphatic rings. The SMILES string of the molecule is Cc1sc2nc(Cl)nc(N(C)C3CCN(C)CC3)c2c1-c1ccc(F)cc1. The average molecular weight is 405 g/mol. The number of benzene rings is 1. The standard InChI is InChI=1S/C20H22ClFN4S/c1-12-16(13-4-6-14(22)7-5-13)17-18(23-20(21)24-19(17)27-12)26(3)15-8-10-25(2)11-9-15/h4-7,15H,8-11H2,1-3H3. The molecule has 0 radical (unpaired) electrons. The maximum absolute atomic E-state index is 13.4. The Morgan fingerprint density at radius 3 is 2.52 bits per heavy atom. The van der Waals surface area contributed by atoms with E-state index in [0.29, 0.717) is 6.04 Å². The van der Waals surface area contributed by atoms with Gasteiger partial charge in [0.1, 0.15) is 16.5 Å². The van der Waals surface area contributed by atoms with Crippen LogP contribution in [0.1, 0.15) is 17.7 Å². The van der Waals surface area contributed by atoms with Gasteiger partial charge in [0.2, 0.25) is 5.28 Å². The summed E-state index contributed by atoms with van der Waals surface area (Å²) in [6, 6.07) is 7.04. The van der Waals surface area contributed by atoms with Crippen molar-refractivity contribution in [3.8, 4) is 11.1 Å². The van der Waals surface area contributed by atoms with Crippen LogP contribution < -0.4 is 4.90 Å². The normalized spacial score (nSPS) is 16.2. The van der Waals surface area contributed by atoms with Crippen LogP contribution in [0.25, 0.3) is 21.3 Å². The fourth-order valence-corrected chi connectivity index (χ4v) is 5.10. The summed E-state index contributed by atoms with van der Waals surface area (Å²) in [5.74, 6) is 0.627. The molecule has 0 aliphatic carbocycles. The highest BCUT2D eigenvalue weighted by Crippen LogP contribution is 2.42. The fourth-order valence-electron chi connectivity index (χ4n) is 3.84. The molecule has 2 aromatic heterocycles. The molecule has 0 N–H and O–H groups in total. The van der Waals surface area contributed by atoms with Crippen LogP contribution in [0.4, 0.5) is 10.2 Å². The van der Waals surface area contributed by atoms with E-state index in [-0.39, 0.29) is 11.1 Å². The maximum atomic E-state index is 13.4. The van der Waals surface area contributed by atoms with Gasteiger partial charge in [-0.25, -0.2) is 9.37 Å². The van der Waals surface area contributed by atoms with Crippen LogP contribution in [0.5, 0.6) is 0 Å². The molecule has 4 rings (SSSR count). The predicted molar refractivity (Wildman–Crippen MR) is 111 cm³/mol. The van der Waals surface area contributed by atoms with Crippen LogP contribution in [0.3, 0.4) is 0 Å². The Hall–Kier alpha value is -1.76. The average Bonchev–Trinajstić information content (AvgIpc) is 2.97. The van der Waals surface area contributed by atoms with Crippen LogP contribution in [0, 0.1) is 12.7 Å². The zero-order chi connectivity index (χ0) is 19.1. The Bertz CT molecular complexity index is 964. The van der Waals surface area contributed by atoms with Gasteiger partial charge < -0.3 is 9.80 Å². The molecule has 1 aromatic carbocycles. The van der Waals surface area contributed by atoms with Gasteiger partial charge in [0.05, 0.1) is 5.39 Å². The van der Waals surface area contributed by atoms with Gasteiger partial charge in [-0.05, 0) is 69.2 Å². The third-order valence-corrected chi connectivity index (χ3v) is 6.55. The van der Waals surface area contributed by atoms with Crippen molar-refractivity contribution in [1.82, 2.24) is 14.9 Å². The summed E-state index contributed by atoms with van der Waals surface area (Å²) in [6.07, 6.45) is 2.18. The van der Waals surface area contributed by atoms with Crippen molar-refractivity contribution in [2.75, 3.05) is 32.1 Å². The number of hydrogen-bond acceptors (Lipinski definition) is 5. The molecule has 0 unspecified atom stereocenters. The van der Waals surface area contributed by atoms with E-state index < -0.39 is 0 Å². The van der Waals surface area contributed by atoms with E-state index in [1.54, 1.807) is 11.3 Å². The number of fused-ring (bicyclic) bond motifs is 1. The van der Waals surface area contributed by atoms with Crippen LogP contribution in [-0.2, 0) is 0 Å². The van der Waals surface area contributed by atoms with E-state index in [1.807, 2.05) is 12.1 Å². The molecule has 0 atom stereocenters. The number of hydrogen-bond donors (Lipinski definition) is 0. The summed E-state index contributed by atoms with van der Waals surface area (Å²) in [5, 5.41) is 1.28. The number of anilines is 1. The van der Waals surface area contributed by atoms with Crippen LogP contribution >= 0.6 is 22.9 Å². The lowest BCUT2D eigenvalue weighted by Crippen LogP contribution is -2.42. The third kappa shape index (κ3) is 3.53. The number of nitrogens with zero attached hydrogens (tertiary/aromatic N) is 4. The lowest BCUT2D eigenvalue weighted by atomic mass is 10.0. The lowest BCUT2D eigenvalue weighted by Gasteiger charge is -2.36. The largest absolute Gasteiger partial charge is 0.356 e. The van der Waals surface area contributed by atoms with Crippen molar-refractivity contribution in [3.63, 3.8) is 0 Å². The number of halogens is 2. The van der Waals surface area contributed by atoms with Crippen LogP contribution in [0.2, 0.25) is 5.28 Å². The second kappa shape index (κ2) is 7.34. The summed E-state index contributed by atoms with van der Waals surface area (Å²) in [4.78, 5) is 15.7. The summed E-state index contributed by atoms with van der Waals surface area (Å²) < 4.78 is 13.4. The Morgan fingerprint density at radius 1 is 1.19 bits per heavy atom. The van der Waals surface area contributed by atoms with Crippen LogP contribution in [-0.4, -0.2) is 48.1 Å². The Morgan fingerprint density at radius 2 is 1.85 bits per heavy atom. The molecule has 1 saturated heterocycles. The van der Waals surface area contributed by atoms with Gasteiger partial charge in [-0.15, -0.1) is 11.3 Å². The van der Waals surface area contributed by atoms with E-state index in [9.17, 15) is 4.39 Å². The van der Waals surface area contributed by atoms with Crippen molar-refractivity contribution < 1.29 is 4.39 Å². The molecule has 1 fully saturated rings. The first kappa shape index (κ1) is 18.6. The second-order valence-corrected chi connectivity index (χ2v) is 8.72. The van der Waals surface area contributed by atoms with E-state index >= 15 is 0 Å². The predicted octanol–water partition coefficient (Wildman–Crippen LogP) is 4.99. The van der Waals surface area contributed by atoms with Crippen molar-refractivity contribution in [2.24, 2.45) is 0 Å². The Kier molecular flexibility index (Phi) is 5.05. The second-order valence-electron chi connectivity index (χ2n) is 7.18. The molecule has 0 amide bonds. The molecule has 27 heavy (non-hydrogen) atoms. The van der Waals surface area contributed by atoms with Crippen molar-refractivity contribution in [3.05, 3.63) is 40.2 Å². The summed E-state index contributed by atoms with van der Waals surface area (Å²) in [6.45, 7) is 4.22. The minimum atomic E-state index is -0.237. The van der Waals surface area contributed by atoms with Crippen LogP contribution in [0.15, 0.2) is 24.3 Å². The Labute approximate surface area is 167 Å². The molecule has 3 aromatic rings. The minimum absolute atomic E-state index is 0.237. The monoisotopic (exact) mass is 404 g/mol. The third-order valence-electron chi connectivity index (χ3n) is 5.38. The van der Waals surface area contributed by atoms with Crippen molar-refractivity contribution >= 4 is 39.0 Å². The molecule has 142 valence electrons. The van der Waals surface area contributed by atoms with Crippen molar-refractivity contribution in [1.29, 1.82) is 0 Å². The molecule has 1 aliphatic heterocycles. The quantitative estimate of drug-likeness (QED) is 0.575. The fraction of sp³-hybridized carbons (Fsp3) is 0.400. The maximum Gasteiger partial charge on any atom is 0.225 e. The summed E-state index contributed by atoms with van der Waals surface area (Å²) in [5.41, 5.74) is 2.05. The van der Waals surface area contributed by atoms with Crippen molar-refractivity contribution in [2.45, 2.75) is 25.8 Å². The molecule has 4 nitrogen and oxygen atoms in total. The molecule has 3 heterocycles. The number of aryl methyl sites for hydroxylation is 1. The number of rotatable bonds is 3. The zero-order valence-electron chi connectivity index (χ0n) is 15.7. The van der Waals surface area contributed by atoms with E-state index in [4.69, 9.17) is 11.6 Å². The number of aromatic nitrogens is 2. The zero-order valence-corrected chi connectivity index (χ0v) is 17.2. The minimum Gasteiger partial charge on any atom is -0.356 e. The molecular weight excluding hydrogens is 383 g/mol. The molecule has 7 heteroatoms. The molecule has 0 spiro atoms. The summed E-state index contributed by atoms with van der Waals surface area (Å²) >= 11 is 7.86. The highest BCUT2D eigenvalue weighted by atomic mass is 35.5. The van der Waals surface area contributed by atoms with E-state index in [2.05, 4.69) is 40.8 Å². The van der Waals surface area contributed by atoms with E-state index in [1.165, 1.54) is 12.1 Å². The van der Waals surface area contributed by atoms with Gasteiger partial charge in [0.25, 0.3) is 0 Å². The van der Waals surface area contributed by atoms with Gasteiger partial charge in [-0.3, -0.25) is 0 Å². The van der Waals surface area contributed by atoms with Gasteiger partial charge in [0.15, 0.2) is 0 Å². The lowest BCUT2D eigenvalue weighted by molar-refractivity contribution is 0.252. The first-order valence-electron chi connectivity index (χ1n) is 9.08. The number of likely N-dealkylation sites (tertiary alicyclic amines) is 1. The highest BCUT2D eigenvalue weighted by Gasteiger charge is 2.26. The number of piperidine rings is 1. The van der Waals surface area contributed by atoms with Gasteiger partial charge in [-0.1, -0.05) is 12.1 Å². The number of thiophene rings is 1. The van der Waals surface area contributed by atoms with Gasteiger partial charge >= 0.3 is 0 Å². The first-order valence-corrected chi connectivity index (χ1v) is 10.3. The van der Waals surface area contributed by atoms with E-state index in [0.717, 1.165) is 58.0 Å². The molecular formula is C20H22ClFN4S. The highest BCUT2D eigenvalue weighted by molar-refractivity contribution is 7.19. The van der Waals surface area contributed by atoms with Gasteiger partial charge in [0, 0.05) is 23.5 Å². The Balaban J connectivity index is 1.85. The first-order chi connectivity index (χ1) is 12.9. The topological polar surface area (TPSA) is 32.3 Å². The van der Waals surface area contributed by atoms with Gasteiger partial charge in [-0.2, -0.15) is 4.98 Å².